The summed E-state index contributed by atoms with van der Waals surface area (Å²) in [6, 6.07) is 2.27. The van der Waals surface area contributed by atoms with Crippen LogP contribution in [-0.4, -0.2) is 13.2 Å². The molecular weight excluding hydrogens is 244 g/mol. The first kappa shape index (κ1) is 14.0. The second kappa shape index (κ2) is 6.66. The molecule has 0 spiro atoms. The number of hydrogen-bond acceptors (Lipinski definition) is 4. The maximum atomic E-state index is 5.79. The van der Waals surface area contributed by atoms with E-state index < -0.39 is 0 Å². The maximum absolute atomic E-state index is 5.79. The van der Waals surface area contributed by atoms with Crippen LogP contribution in [0, 0.1) is 12.8 Å². The number of thiophene rings is 1. The van der Waals surface area contributed by atoms with E-state index in [1.807, 2.05) is 7.11 Å². The number of rotatable bonds is 5. The Morgan fingerprint density at radius 1 is 1.39 bits per heavy atom. The predicted octanol–water partition coefficient (Wildman–Crippen LogP) is 3.16. The summed E-state index contributed by atoms with van der Waals surface area (Å²) < 4.78 is 5.79. The summed E-state index contributed by atoms with van der Waals surface area (Å²) >= 11 is 1.77. The monoisotopic (exact) mass is 268 g/mol. The maximum Gasteiger partial charge on any atom is 0.0819 e. The summed E-state index contributed by atoms with van der Waals surface area (Å²) in [5.41, 5.74) is 4.29. The molecular formula is C14H24N2OS. The Labute approximate surface area is 114 Å². The van der Waals surface area contributed by atoms with Crippen molar-refractivity contribution in [1.82, 2.24) is 5.43 Å². The van der Waals surface area contributed by atoms with Crippen LogP contribution in [0.3, 0.4) is 0 Å². The minimum Gasteiger partial charge on any atom is -0.379 e. The van der Waals surface area contributed by atoms with Crippen LogP contribution >= 0.6 is 11.3 Å². The summed E-state index contributed by atoms with van der Waals surface area (Å²) in [6.45, 7) is 2.14. The number of nitrogens with one attached hydrogen (secondary N) is 1. The first-order valence-electron chi connectivity index (χ1n) is 6.80. The topological polar surface area (TPSA) is 47.3 Å². The lowest BCUT2D eigenvalue weighted by molar-refractivity contribution is 0.00824. The van der Waals surface area contributed by atoms with Crippen LogP contribution in [0.4, 0.5) is 0 Å². The van der Waals surface area contributed by atoms with E-state index in [2.05, 4.69) is 23.8 Å². The fourth-order valence-corrected chi connectivity index (χ4v) is 4.11. The highest BCUT2D eigenvalue weighted by molar-refractivity contribution is 7.10. The highest BCUT2D eigenvalue weighted by Crippen LogP contribution is 2.36. The van der Waals surface area contributed by atoms with Crippen molar-refractivity contribution in [2.24, 2.45) is 11.8 Å². The van der Waals surface area contributed by atoms with Crippen molar-refractivity contribution >= 4 is 11.3 Å². The van der Waals surface area contributed by atoms with Crippen LogP contribution < -0.4 is 11.3 Å². The van der Waals surface area contributed by atoms with Gasteiger partial charge in [-0.15, -0.1) is 11.3 Å². The lowest BCUT2D eigenvalue weighted by atomic mass is 9.82. The van der Waals surface area contributed by atoms with Gasteiger partial charge in [0.25, 0.3) is 0 Å². The Morgan fingerprint density at radius 3 is 2.61 bits per heavy atom. The molecule has 1 fully saturated rings. The fourth-order valence-electron chi connectivity index (χ4n) is 3.09. The van der Waals surface area contributed by atoms with Gasteiger partial charge in [-0.3, -0.25) is 5.84 Å². The molecule has 1 heterocycles. The molecule has 0 aliphatic heterocycles. The van der Waals surface area contributed by atoms with Gasteiger partial charge in [-0.1, -0.05) is 19.3 Å². The number of aryl methyl sites for hydroxylation is 1. The van der Waals surface area contributed by atoms with E-state index in [0.29, 0.717) is 5.92 Å². The van der Waals surface area contributed by atoms with Crippen molar-refractivity contribution in [3.05, 3.63) is 21.9 Å². The lowest BCUT2D eigenvalue weighted by Crippen LogP contribution is -2.42. The van der Waals surface area contributed by atoms with Crippen LogP contribution in [-0.2, 0) is 4.74 Å². The molecule has 4 heteroatoms. The number of methoxy groups -OCH3 is 1. The van der Waals surface area contributed by atoms with E-state index in [-0.39, 0.29) is 12.1 Å². The van der Waals surface area contributed by atoms with Gasteiger partial charge in [-0.2, -0.15) is 0 Å². The van der Waals surface area contributed by atoms with Crippen LogP contribution in [0.1, 0.15) is 48.6 Å². The van der Waals surface area contributed by atoms with Crippen molar-refractivity contribution in [3.8, 4) is 0 Å². The first-order chi connectivity index (χ1) is 8.77. The first-order valence-corrected chi connectivity index (χ1v) is 7.68. The van der Waals surface area contributed by atoms with Gasteiger partial charge in [-0.25, -0.2) is 5.43 Å². The summed E-state index contributed by atoms with van der Waals surface area (Å²) in [6.07, 6.45) is 6.73. The Kier molecular flexibility index (Phi) is 5.18. The molecule has 3 nitrogen and oxygen atoms in total. The zero-order chi connectivity index (χ0) is 13.0. The summed E-state index contributed by atoms with van der Waals surface area (Å²) in [5, 5.41) is 2.13. The summed E-state index contributed by atoms with van der Waals surface area (Å²) in [4.78, 5) is 1.31. The predicted molar refractivity (Wildman–Crippen MR) is 76.5 cm³/mol. The van der Waals surface area contributed by atoms with Crippen LogP contribution in [0.5, 0.6) is 0 Å². The molecule has 0 amide bonds. The number of ether oxygens (including phenoxy) is 1. The van der Waals surface area contributed by atoms with E-state index >= 15 is 0 Å². The van der Waals surface area contributed by atoms with Gasteiger partial charge >= 0.3 is 0 Å². The largest absolute Gasteiger partial charge is 0.379 e. The van der Waals surface area contributed by atoms with Crippen molar-refractivity contribution < 1.29 is 4.74 Å². The molecule has 1 aromatic heterocycles. The van der Waals surface area contributed by atoms with Crippen LogP contribution in [0.15, 0.2) is 11.4 Å². The Morgan fingerprint density at radius 2 is 2.11 bits per heavy atom. The lowest BCUT2D eigenvalue weighted by Gasteiger charge is -2.34. The summed E-state index contributed by atoms with van der Waals surface area (Å²) in [5.74, 6) is 6.42. The Hall–Kier alpha value is -0.420. The van der Waals surface area contributed by atoms with Gasteiger partial charge in [0.2, 0.25) is 0 Å². The molecule has 2 rings (SSSR count). The Bertz CT molecular complexity index is 360. The molecule has 0 radical (unpaired) electrons. The Balaban J connectivity index is 2.15. The van der Waals surface area contributed by atoms with Gasteiger partial charge < -0.3 is 4.74 Å². The second-order valence-corrected chi connectivity index (χ2v) is 6.16. The third kappa shape index (κ3) is 2.94. The molecule has 2 unspecified atom stereocenters. The molecule has 102 valence electrons. The number of nitrogens with two attached hydrogens (primary N) is 1. The van der Waals surface area contributed by atoms with Gasteiger partial charge in [0.15, 0.2) is 0 Å². The summed E-state index contributed by atoms with van der Waals surface area (Å²) in [7, 11) is 1.81. The van der Waals surface area contributed by atoms with Crippen molar-refractivity contribution in [2.45, 2.75) is 51.2 Å². The normalized spacial score (nSPS) is 20.8. The minimum atomic E-state index is 0.123. The van der Waals surface area contributed by atoms with Crippen molar-refractivity contribution in [1.29, 1.82) is 0 Å². The number of hydrazine groups is 1. The molecule has 0 bridgehead atoms. The highest BCUT2D eigenvalue weighted by atomic mass is 32.1. The van der Waals surface area contributed by atoms with E-state index in [4.69, 9.17) is 10.6 Å². The van der Waals surface area contributed by atoms with E-state index in [9.17, 15) is 0 Å². The van der Waals surface area contributed by atoms with Crippen molar-refractivity contribution in [3.63, 3.8) is 0 Å². The highest BCUT2D eigenvalue weighted by Gasteiger charge is 2.32. The van der Waals surface area contributed by atoms with Gasteiger partial charge in [0.05, 0.1) is 12.1 Å². The molecule has 2 atom stereocenters. The van der Waals surface area contributed by atoms with Gasteiger partial charge in [0, 0.05) is 12.0 Å². The average Bonchev–Trinajstić information content (AvgIpc) is 2.83. The SMILES string of the molecule is COC(C1CCCCC1)C(NN)c1sccc1C. The quantitative estimate of drug-likeness (QED) is 0.637. The molecule has 1 saturated carbocycles. The van der Waals surface area contributed by atoms with Gasteiger partial charge in [0.1, 0.15) is 0 Å². The molecule has 18 heavy (non-hydrogen) atoms. The van der Waals surface area contributed by atoms with E-state index in [1.165, 1.54) is 42.5 Å². The third-order valence-corrected chi connectivity index (χ3v) is 5.18. The molecule has 3 N–H and O–H groups in total. The van der Waals surface area contributed by atoms with Crippen molar-refractivity contribution in [2.75, 3.05) is 7.11 Å². The molecule has 1 aliphatic carbocycles. The van der Waals surface area contributed by atoms with E-state index in [1.54, 1.807) is 11.3 Å². The average molecular weight is 268 g/mol. The second-order valence-electron chi connectivity index (χ2n) is 5.21. The number of hydrogen-bond donors (Lipinski definition) is 2. The zero-order valence-corrected chi connectivity index (χ0v) is 12.1. The zero-order valence-electron chi connectivity index (χ0n) is 11.3. The van der Waals surface area contributed by atoms with Crippen LogP contribution in [0.25, 0.3) is 0 Å². The minimum absolute atomic E-state index is 0.123. The van der Waals surface area contributed by atoms with Crippen LogP contribution in [0.2, 0.25) is 0 Å². The fraction of sp³-hybridized carbons (Fsp3) is 0.714. The molecule has 1 aliphatic rings. The standard InChI is InChI=1S/C14H24N2OS/c1-10-8-9-18-14(10)12(16-15)13(17-2)11-6-4-3-5-7-11/h8-9,11-13,16H,3-7,15H2,1-2H3. The van der Waals surface area contributed by atoms with Gasteiger partial charge in [-0.05, 0) is 42.7 Å². The van der Waals surface area contributed by atoms with E-state index in [0.717, 1.165) is 0 Å². The molecule has 0 aromatic carbocycles. The molecule has 0 saturated heterocycles. The molecule has 1 aromatic rings. The smallest absolute Gasteiger partial charge is 0.0819 e. The third-order valence-electron chi connectivity index (χ3n) is 4.08.